The zero-order valence-electron chi connectivity index (χ0n) is 10.8. The predicted octanol–water partition coefficient (Wildman–Crippen LogP) is 0.530. The summed E-state index contributed by atoms with van der Waals surface area (Å²) in [5.74, 6) is -0.900. The second-order valence-corrected chi connectivity index (χ2v) is 4.53. The molecule has 0 bridgehead atoms. The van der Waals surface area contributed by atoms with Crippen LogP contribution in [0, 0.1) is 13.8 Å². The molecule has 0 aromatic carbocycles. The van der Waals surface area contributed by atoms with Crippen LogP contribution in [0.25, 0.3) is 0 Å². The van der Waals surface area contributed by atoms with Gasteiger partial charge in [-0.05, 0) is 13.8 Å². The average molecular weight is 253 g/mol. The van der Waals surface area contributed by atoms with E-state index in [-0.39, 0.29) is 0 Å². The normalized spacial score (nSPS) is 17.0. The molecule has 0 spiro atoms. The molecule has 0 unspecified atom stereocenters. The second-order valence-electron chi connectivity index (χ2n) is 4.53. The molecule has 2 heterocycles. The number of carbonyl (C=O) groups is 1. The summed E-state index contributed by atoms with van der Waals surface area (Å²) in [7, 11) is 0. The summed E-state index contributed by atoms with van der Waals surface area (Å²) in [4.78, 5) is 13.4. The van der Waals surface area contributed by atoms with Crippen LogP contribution in [0.2, 0.25) is 0 Å². The first-order chi connectivity index (χ1) is 8.59. The molecule has 1 saturated heterocycles. The standard InChI is InChI=1S/C12H19N3O3/c1-9-11(12(16)17)10(2)15(13-9)4-3-14-5-7-18-8-6-14/h3-8H2,1-2H3,(H,16,17). The topological polar surface area (TPSA) is 67.6 Å². The fourth-order valence-electron chi connectivity index (χ4n) is 2.29. The van der Waals surface area contributed by atoms with Crippen LogP contribution in [-0.4, -0.2) is 58.6 Å². The van der Waals surface area contributed by atoms with Gasteiger partial charge in [0.05, 0.1) is 31.1 Å². The highest BCUT2D eigenvalue weighted by atomic mass is 16.5. The number of aryl methyl sites for hydroxylation is 1. The number of rotatable bonds is 4. The lowest BCUT2D eigenvalue weighted by atomic mass is 10.2. The molecular formula is C12H19N3O3. The number of aromatic carboxylic acids is 1. The number of carboxylic acid groups (broad SMARTS) is 1. The summed E-state index contributed by atoms with van der Waals surface area (Å²) in [6.07, 6.45) is 0. The molecule has 0 radical (unpaired) electrons. The highest BCUT2D eigenvalue weighted by molar-refractivity contribution is 5.90. The Morgan fingerprint density at radius 3 is 2.56 bits per heavy atom. The quantitative estimate of drug-likeness (QED) is 0.847. The molecule has 100 valence electrons. The minimum atomic E-state index is -0.900. The fraction of sp³-hybridized carbons (Fsp3) is 0.667. The lowest BCUT2D eigenvalue weighted by molar-refractivity contribution is 0.0359. The van der Waals surface area contributed by atoms with Gasteiger partial charge < -0.3 is 9.84 Å². The zero-order valence-corrected chi connectivity index (χ0v) is 10.8. The molecule has 0 amide bonds. The highest BCUT2D eigenvalue weighted by Crippen LogP contribution is 2.13. The van der Waals surface area contributed by atoms with Crippen molar-refractivity contribution >= 4 is 5.97 Å². The zero-order chi connectivity index (χ0) is 13.1. The van der Waals surface area contributed by atoms with Crippen LogP contribution >= 0.6 is 0 Å². The van der Waals surface area contributed by atoms with Gasteiger partial charge in [0.15, 0.2) is 0 Å². The SMILES string of the molecule is Cc1nn(CCN2CCOCC2)c(C)c1C(=O)O. The first-order valence-electron chi connectivity index (χ1n) is 6.17. The second kappa shape index (κ2) is 5.49. The van der Waals surface area contributed by atoms with E-state index in [2.05, 4.69) is 10.00 Å². The number of aromatic nitrogens is 2. The van der Waals surface area contributed by atoms with Gasteiger partial charge in [0.2, 0.25) is 0 Å². The number of hydrogen-bond donors (Lipinski definition) is 1. The summed E-state index contributed by atoms with van der Waals surface area (Å²) < 4.78 is 7.07. The molecule has 18 heavy (non-hydrogen) atoms. The van der Waals surface area contributed by atoms with Gasteiger partial charge in [-0.2, -0.15) is 5.10 Å². The van der Waals surface area contributed by atoms with Crippen molar-refractivity contribution in [2.75, 3.05) is 32.8 Å². The third-order valence-electron chi connectivity index (χ3n) is 3.33. The molecule has 0 aliphatic carbocycles. The lowest BCUT2D eigenvalue weighted by Crippen LogP contribution is -2.38. The summed E-state index contributed by atoms with van der Waals surface area (Å²) in [6, 6.07) is 0. The van der Waals surface area contributed by atoms with E-state index in [1.807, 2.05) is 6.92 Å². The van der Waals surface area contributed by atoms with E-state index in [0.717, 1.165) is 45.1 Å². The molecule has 1 aliphatic rings. The molecule has 1 N–H and O–H groups in total. The maximum absolute atomic E-state index is 11.1. The number of carboxylic acids is 1. The minimum Gasteiger partial charge on any atom is -0.478 e. The number of morpholine rings is 1. The van der Waals surface area contributed by atoms with Crippen molar-refractivity contribution in [2.45, 2.75) is 20.4 Å². The predicted molar refractivity (Wildman–Crippen MR) is 65.9 cm³/mol. The van der Waals surface area contributed by atoms with Crippen molar-refractivity contribution in [3.05, 3.63) is 17.0 Å². The van der Waals surface area contributed by atoms with Gasteiger partial charge >= 0.3 is 5.97 Å². The maximum atomic E-state index is 11.1. The molecule has 2 rings (SSSR count). The molecule has 1 aromatic heterocycles. The molecule has 6 heteroatoms. The first kappa shape index (κ1) is 13.0. The van der Waals surface area contributed by atoms with Crippen molar-refractivity contribution in [1.29, 1.82) is 0 Å². The third-order valence-corrected chi connectivity index (χ3v) is 3.33. The van der Waals surface area contributed by atoms with Gasteiger partial charge in [-0.15, -0.1) is 0 Å². The minimum absolute atomic E-state index is 0.331. The van der Waals surface area contributed by atoms with Crippen molar-refractivity contribution in [1.82, 2.24) is 14.7 Å². The molecule has 0 saturated carbocycles. The van der Waals surface area contributed by atoms with Crippen LogP contribution in [0.4, 0.5) is 0 Å². The molecule has 1 aliphatic heterocycles. The third kappa shape index (κ3) is 2.70. The molecular weight excluding hydrogens is 234 g/mol. The van der Waals surface area contributed by atoms with Crippen LogP contribution in [0.1, 0.15) is 21.7 Å². The Bertz CT molecular complexity index is 436. The summed E-state index contributed by atoms with van der Waals surface area (Å²) in [6.45, 7) is 8.57. The molecule has 0 atom stereocenters. The Kier molecular flexibility index (Phi) is 3.98. The number of hydrogen-bond acceptors (Lipinski definition) is 4. The van der Waals surface area contributed by atoms with E-state index in [1.54, 1.807) is 11.6 Å². The van der Waals surface area contributed by atoms with Crippen LogP contribution in [0.15, 0.2) is 0 Å². The van der Waals surface area contributed by atoms with Crippen LogP contribution in [0.5, 0.6) is 0 Å². The smallest absolute Gasteiger partial charge is 0.339 e. The number of ether oxygens (including phenoxy) is 1. The average Bonchev–Trinajstić information content (AvgIpc) is 2.63. The fourth-order valence-corrected chi connectivity index (χ4v) is 2.29. The Hall–Kier alpha value is -1.40. The van der Waals surface area contributed by atoms with Gasteiger partial charge in [0.1, 0.15) is 5.56 Å². The van der Waals surface area contributed by atoms with E-state index >= 15 is 0 Å². The molecule has 1 aromatic rings. The van der Waals surface area contributed by atoms with E-state index in [1.165, 1.54) is 0 Å². The van der Waals surface area contributed by atoms with Gasteiger partial charge in [0, 0.05) is 19.6 Å². The van der Waals surface area contributed by atoms with E-state index < -0.39 is 5.97 Å². The largest absolute Gasteiger partial charge is 0.478 e. The van der Waals surface area contributed by atoms with Crippen LogP contribution in [-0.2, 0) is 11.3 Å². The van der Waals surface area contributed by atoms with Crippen molar-refractivity contribution in [3.8, 4) is 0 Å². The van der Waals surface area contributed by atoms with Gasteiger partial charge in [-0.25, -0.2) is 4.79 Å². The van der Waals surface area contributed by atoms with Crippen LogP contribution in [0.3, 0.4) is 0 Å². The van der Waals surface area contributed by atoms with Crippen molar-refractivity contribution < 1.29 is 14.6 Å². The van der Waals surface area contributed by atoms with Gasteiger partial charge in [0.25, 0.3) is 0 Å². The maximum Gasteiger partial charge on any atom is 0.339 e. The Morgan fingerprint density at radius 1 is 1.33 bits per heavy atom. The van der Waals surface area contributed by atoms with E-state index in [0.29, 0.717) is 11.3 Å². The van der Waals surface area contributed by atoms with Gasteiger partial charge in [-0.3, -0.25) is 9.58 Å². The Balaban J connectivity index is 2.01. The van der Waals surface area contributed by atoms with E-state index in [9.17, 15) is 4.79 Å². The molecule has 6 nitrogen and oxygen atoms in total. The van der Waals surface area contributed by atoms with Crippen molar-refractivity contribution in [3.63, 3.8) is 0 Å². The Labute approximate surface area is 106 Å². The van der Waals surface area contributed by atoms with Gasteiger partial charge in [-0.1, -0.05) is 0 Å². The van der Waals surface area contributed by atoms with Crippen molar-refractivity contribution in [2.24, 2.45) is 0 Å². The summed E-state index contributed by atoms with van der Waals surface area (Å²) in [5, 5.41) is 13.4. The lowest BCUT2D eigenvalue weighted by Gasteiger charge is -2.26. The van der Waals surface area contributed by atoms with E-state index in [4.69, 9.17) is 9.84 Å². The number of nitrogens with zero attached hydrogens (tertiary/aromatic N) is 3. The Morgan fingerprint density at radius 2 is 2.00 bits per heavy atom. The monoisotopic (exact) mass is 253 g/mol. The van der Waals surface area contributed by atoms with Crippen LogP contribution < -0.4 is 0 Å². The first-order valence-corrected chi connectivity index (χ1v) is 6.17. The molecule has 1 fully saturated rings. The summed E-state index contributed by atoms with van der Waals surface area (Å²) >= 11 is 0. The summed E-state index contributed by atoms with van der Waals surface area (Å²) in [5.41, 5.74) is 1.65. The highest BCUT2D eigenvalue weighted by Gasteiger charge is 2.18.